The van der Waals surface area contributed by atoms with Crippen molar-refractivity contribution in [1.29, 1.82) is 0 Å². The van der Waals surface area contributed by atoms with Crippen molar-refractivity contribution in [3.63, 3.8) is 0 Å². The number of fused-ring (bicyclic) bond motifs is 1. The van der Waals surface area contributed by atoms with Crippen molar-refractivity contribution in [2.75, 3.05) is 37.6 Å². The van der Waals surface area contributed by atoms with Gasteiger partial charge in [0.15, 0.2) is 0 Å². The molecule has 0 unspecified atom stereocenters. The molecule has 1 aliphatic rings. The molecule has 6 nitrogen and oxygen atoms in total. The maximum Gasteiger partial charge on any atom is 0.278 e. The number of hydrogen-bond acceptors (Lipinski definition) is 5. The summed E-state index contributed by atoms with van der Waals surface area (Å²) >= 11 is 0. The molecule has 1 aromatic heterocycles. The number of anilines is 1. The van der Waals surface area contributed by atoms with Gasteiger partial charge in [-0.15, -0.1) is 0 Å². The molecule has 1 saturated heterocycles. The minimum Gasteiger partial charge on any atom is -0.367 e. The van der Waals surface area contributed by atoms with Gasteiger partial charge in [-0.3, -0.25) is 20.0 Å². The van der Waals surface area contributed by atoms with Crippen LogP contribution in [0.15, 0.2) is 60.8 Å². The summed E-state index contributed by atoms with van der Waals surface area (Å²) in [5.41, 5.74) is 3.18. The maximum absolute atomic E-state index is 11.3. The normalized spacial score (nSPS) is 15.2. The van der Waals surface area contributed by atoms with E-state index in [0.717, 1.165) is 44.8 Å². The predicted octanol–water partition coefficient (Wildman–Crippen LogP) is 3.51. The number of nitrogens with zero attached hydrogens (tertiary/aromatic N) is 4. The smallest absolute Gasteiger partial charge is 0.278 e. The Hall–Kier alpha value is -2.99. The second kappa shape index (κ2) is 7.72. The number of rotatable bonds is 5. The summed E-state index contributed by atoms with van der Waals surface area (Å²) in [5, 5.41) is 11.9. The van der Waals surface area contributed by atoms with E-state index in [-0.39, 0.29) is 10.6 Å². The van der Waals surface area contributed by atoms with Gasteiger partial charge in [0.05, 0.1) is 16.0 Å². The average molecular weight is 362 g/mol. The molecule has 0 amide bonds. The van der Waals surface area contributed by atoms with Crippen molar-refractivity contribution < 1.29 is 4.92 Å². The lowest BCUT2D eigenvalue weighted by Crippen LogP contribution is -2.47. The van der Waals surface area contributed by atoms with Gasteiger partial charge in [0.1, 0.15) is 5.52 Å². The molecule has 138 valence electrons. The lowest BCUT2D eigenvalue weighted by Gasteiger charge is -2.36. The fourth-order valence-electron chi connectivity index (χ4n) is 3.70. The summed E-state index contributed by atoms with van der Waals surface area (Å²) in [4.78, 5) is 20.2. The van der Waals surface area contributed by atoms with E-state index in [9.17, 15) is 10.1 Å². The fraction of sp³-hybridized carbons (Fsp3) is 0.286. The Morgan fingerprint density at radius 3 is 2.48 bits per heavy atom. The van der Waals surface area contributed by atoms with Crippen molar-refractivity contribution in [2.45, 2.75) is 6.42 Å². The number of piperazine rings is 1. The highest BCUT2D eigenvalue weighted by molar-refractivity contribution is 5.97. The van der Waals surface area contributed by atoms with Gasteiger partial charge in [0.2, 0.25) is 0 Å². The fourth-order valence-corrected chi connectivity index (χ4v) is 3.70. The van der Waals surface area contributed by atoms with Crippen LogP contribution >= 0.6 is 0 Å². The molecule has 0 spiro atoms. The second-order valence-electron chi connectivity index (χ2n) is 6.82. The van der Waals surface area contributed by atoms with Crippen LogP contribution in [0.4, 0.5) is 11.4 Å². The zero-order chi connectivity index (χ0) is 18.6. The van der Waals surface area contributed by atoms with Gasteiger partial charge in [-0.25, -0.2) is 0 Å². The Morgan fingerprint density at radius 1 is 0.963 bits per heavy atom. The first-order valence-electron chi connectivity index (χ1n) is 9.26. The summed E-state index contributed by atoms with van der Waals surface area (Å²) in [6.45, 7) is 4.82. The number of aromatic nitrogens is 1. The molecule has 0 radical (unpaired) electrons. The Morgan fingerprint density at radius 2 is 1.74 bits per heavy atom. The third-order valence-corrected chi connectivity index (χ3v) is 5.19. The highest BCUT2D eigenvalue weighted by atomic mass is 16.6. The maximum atomic E-state index is 11.3. The molecular weight excluding hydrogens is 340 g/mol. The molecule has 2 aromatic carbocycles. The molecule has 6 heteroatoms. The van der Waals surface area contributed by atoms with E-state index in [1.54, 1.807) is 24.4 Å². The molecule has 3 aromatic rings. The molecule has 1 aliphatic heterocycles. The quantitative estimate of drug-likeness (QED) is 0.513. The van der Waals surface area contributed by atoms with Crippen molar-refractivity contribution in [3.8, 4) is 0 Å². The average Bonchev–Trinajstić information content (AvgIpc) is 2.72. The molecule has 4 rings (SSSR count). The molecule has 0 saturated carbocycles. The van der Waals surface area contributed by atoms with Crippen LogP contribution in [0.5, 0.6) is 0 Å². The molecule has 1 fully saturated rings. The zero-order valence-electron chi connectivity index (χ0n) is 15.1. The van der Waals surface area contributed by atoms with Crippen LogP contribution in [0.25, 0.3) is 10.9 Å². The van der Waals surface area contributed by atoms with Crippen LogP contribution in [-0.2, 0) is 6.42 Å². The molecular formula is C21H22N4O2. The lowest BCUT2D eigenvalue weighted by atomic mass is 10.1. The van der Waals surface area contributed by atoms with E-state index in [1.165, 1.54) is 5.56 Å². The molecule has 27 heavy (non-hydrogen) atoms. The van der Waals surface area contributed by atoms with E-state index in [4.69, 9.17) is 0 Å². The highest BCUT2D eigenvalue weighted by Gasteiger charge is 2.22. The standard InChI is InChI=1S/C21H22N4O2/c26-25(27)19-8-9-20(21-18(19)7-4-11-22-21)24-15-13-23(14-16-24)12-10-17-5-2-1-3-6-17/h1-9,11H,10,12-16H2. The van der Waals surface area contributed by atoms with Gasteiger partial charge in [-0.05, 0) is 30.2 Å². The molecule has 0 aliphatic carbocycles. The van der Waals surface area contributed by atoms with Crippen molar-refractivity contribution >= 4 is 22.3 Å². The van der Waals surface area contributed by atoms with Gasteiger partial charge in [-0.2, -0.15) is 0 Å². The number of non-ortho nitro benzene ring substituents is 1. The van der Waals surface area contributed by atoms with E-state index >= 15 is 0 Å². The second-order valence-corrected chi connectivity index (χ2v) is 6.82. The number of nitro benzene ring substituents is 1. The minimum atomic E-state index is -0.338. The Labute approximate surface area is 158 Å². The minimum absolute atomic E-state index is 0.114. The first-order chi connectivity index (χ1) is 13.2. The first kappa shape index (κ1) is 17.4. The van der Waals surface area contributed by atoms with Crippen molar-refractivity contribution in [2.24, 2.45) is 0 Å². The number of nitro groups is 1. The SMILES string of the molecule is O=[N+]([O-])c1ccc(N2CCN(CCc3ccccc3)CC2)c2ncccc12. The van der Waals surface area contributed by atoms with E-state index < -0.39 is 0 Å². The van der Waals surface area contributed by atoms with Crippen LogP contribution < -0.4 is 4.90 Å². The first-order valence-corrected chi connectivity index (χ1v) is 9.26. The van der Waals surface area contributed by atoms with E-state index in [0.29, 0.717) is 10.9 Å². The van der Waals surface area contributed by atoms with Crippen LogP contribution in [-0.4, -0.2) is 47.5 Å². The van der Waals surface area contributed by atoms with Crippen LogP contribution in [0.2, 0.25) is 0 Å². The Bertz CT molecular complexity index is 937. The Kier molecular flexibility index (Phi) is 4.98. The summed E-state index contributed by atoms with van der Waals surface area (Å²) in [7, 11) is 0. The third kappa shape index (κ3) is 3.75. The van der Waals surface area contributed by atoms with Crippen molar-refractivity contribution in [3.05, 3.63) is 76.5 Å². The summed E-state index contributed by atoms with van der Waals surface area (Å²) in [5.74, 6) is 0. The van der Waals surface area contributed by atoms with E-state index in [1.807, 2.05) is 12.1 Å². The number of hydrogen-bond donors (Lipinski definition) is 0. The number of pyridine rings is 1. The molecule has 0 atom stereocenters. The van der Waals surface area contributed by atoms with E-state index in [2.05, 4.69) is 39.0 Å². The zero-order valence-corrected chi connectivity index (χ0v) is 15.1. The highest BCUT2D eigenvalue weighted by Crippen LogP contribution is 2.32. The van der Waals surface area contributed by atoms with Gasteiger partial charge < -0.3 is 4.90 Å². The molecule has 2 heterocycles. The largest absolute Gasteiger partial charge is 0.367 e. The van der Waals surface area contributed by atoms with Crippen LogP contribution in [0, 0.1) is 10.1 Å². The van der Waals surface area contributed by atoms with Crippen molar-refractivity contribution in [1.82, 2.24) is 9.88 Å². The summed E-state index contributed by atoms with van der Waals surface area (Å²) in [6.07, 6.45) is 2.76. The lowest BCUT2D eigenvalue weighted by molar-refractivity contribution is -0.383. The van der Waals surface area contributed by atoms with Gasteiger partial charge in [0, 0.05) is 45.0 Å². The van der Waals surface area contributed by atoms with Crippen LogP contribution in [0.1, 0.15) is 5.56 Å². The predicted molar refractivity (Wildman–Crippen MR) is 107 cm³/mol. The topological polar surface area (TPSA) is 62.5 Å². The van der Waals surface area contributed by atoms with Gasteiger partial charge in [-0.1, -0.05) is 30.3 Å². The van der Waals surface area contributed by atoms with Crippen LogP contribution in [0.3, 0.4) is 0 Å². The van der Waals surface area contributed by atoms with Gasteiger partial charge in [0.25, 0.3) is 5.69 Å². The molecule has 0 bridgehead atoms. The Balaban J connectivity index is 1.45. The summed E-state index contributed by atoms with van der Waals surface area (Å²) in [6, 6.07) is 17.5. The van der Waals surface area contributed by atoms with Gasteiger partial charge >= 0.3 is 0 Å². The number of benzene rings is 2. The molecule has 0 N–H and O–H groups in total. The monoisotopic (exact) mass is 362 g/mol. The third-order valence-electron chi connectivity index (χ3n) is 5.19. The summed E-state index contributed by atoms with van der Waals surface area (Å²) < 4.78 is 0.